The molecule has 0 N–H and O–H groups in total. The number of nitrogens with zero attached hydrogens (tertiary/aromatic N) is 2. The van der Waals surface area contributed by atoms with Crippen LogP contribution >= 0.6 is 11.3 Å². The van der Waals surface area contributed by atoms with Gasteiger partial charge in [-0.25, -0.2) is 4.98 Å². The molecule has 1 aromatic heterocycles. The molecule has 1 unspecified atom stereocenters. The number of aryl methyl sites for hydroxylation is 1. The Morgan fingerprint density at radius 3 is 2.79 bits per heavy atom. The zero-order chi connectivity index (χ0) is 10.8. The lowest BCUT2D eigenvalue weighted by Gasteiger charge is -2.13. The number of hydrogen-bond acceptors (Lipinski definition) is 4. The van der Waals surface area contributed by atoms with Gasteiger partial charge in [-0.05, 0) is 20.3 Å². The Kier molecular flexibility index (Phi) is 3.02. The molecule has 1 heterocycles. The highest BCUT2D eigenvalue weighted by molar-refractivity contribution is 7.10. The second kappa shape index (κ2) is 3.89. The third-order valence-corrected chi connectivity index (χ3v) is 3.38. The average molecular weight is 208 g/mol. The molecule has 0 saturated carbocycles. The van der Waals surface area contributed by atoms with Crippen LogP contribution in [0.2, 0.25) is 0 Å². The van der Waals surface area contributed by atoms with E-state index in [0.717, 1.165) is 12.1 Å². The minimum Gasteiger partial charge on any atom is -0.298 e. The molecule has 0 bridgehead atoms. The first-order valence-corrected chi connectivity index (χ1v) is 5.29. The van der Waals surface area contributed by atoms with Gasteiger partial charge in [0, 0.05) is 5.38 Å². The molecule has 1 rings (SSSR count). The third-order valence-electron chi connectivity index (χ3n) is 2.27. The van der Waals surface area contributed by atoms with E-state index in [1.807, 2.05) is 18.4 Å². The van der Waals surface area contributed by atoms with Crippen LogP contribution in [0, 0.1) is 11.3 Å². The van der Waals surface area contributed by atoms with Gasteiger partial charge in [-0.3, -0.25) is 4.79 Å². The lowest BCUT2D eigenvalue weighted by molar-refractivity contribution is -0.120. The van der Waals surface area contributed by atoms with Gasteiger partial charge in [-0.1, -0.05) is 6.92 Å². The van der Waals surface area contributed by atoms with Crippen molar-refractivity contribution in [2.75, 3.05) is 0 Å². The molecule has 0 radical (unpaired) electrons. The summed E-state index contributed by atoms with van der Waals surface area (Å²) in [5.74, 6) is -0.156. The van der Waals surface area contributed by atoms with Gasteiger partial charge in [0.1, 0.15) is 5.01 Å². The minimum atomic E-state index is -1.07. The lowest BCUT2D eigenvalue weighted by Crippen LogP contribution is -2.28. The van der Waals surface area contributed by atoms with Crippen molar-refractivity contribution in [3.05, 3.63) is 16.1 Å². The molecule has 14 heavy (non-hydrogen) atoms. The Balaban J connectivity index is 3.14. The number of carbonyl (C=O) groups excluding carboxylic acids is 1. The van der Waals surface area contributed by atoms with E-state index in [0.29, 0.717) is 5.01 Å². The van der Waals surface area contributed by atoms with Gasteiger partial charge in [0.15, 0.2) is 11.2 Å². The monoisotopic (exact) mass is 208 g/mol. The van der Waals surface area contributed by atoms with E-state index in [2.05, 4.69) is 4.98 Å². The number of nitriles is 1. The van der Waals surface area contributed by atoms with Crippen LogP contribution in [0.15, 0.2) is 5.38 Å². The Hall–Kier alpha value is -1.21. The highest BCUT2D eigenvalue weighted by atomic mass is 32.1. The van der Waals surface area contributed by atoms with Crippen molar-refractivity contribution in [1.82, 2.24) is 4.98 Å². The standard InChI is InChI=1S/C10H12N2OS/c1-4-8-5-14-9(12-8)10(3,6-11)7(2)13/h5H,4H2,1-3H3. The van der Waals surface area contributed by atoms with Crippen molar-refractivity contribution in [2.45, 2.75) is 32.6 Å². The summed E-state index contributed by atoms with van der Waals surface area (Å²) >= 11 is 1.38. The first-order valence-electron chi connectivity index (χ1n) is 4.41. The summed E-state index contributed by atoms with van der Waals surface area (Å²) in [4.78, 5) is 15.6. The summed E-state index contributed by atoms with van der Waals surface area (Å²) in [7, 11) is 0. The first-order chi connectivity index (χ1) is 6.54. The molecular weight excluding hydrogens is 196 g/mol. The Morgan fingerprint density at radius 1 is 1.79 bits per heavy atom. The second-order valence-electron chi connectivity index (χ2n) is 3.29. The quantitative estimate of drug-likeness (QED) is 0.764. The normalized spacial score (nSPS) is 14.4. The topological polar surface area (TPSA) is 53.8 Å². The van der Waals surface area contributed by atoms with Crippen LogP contribution in [0.3, 0.4) is 0 Å². The molecule has 1 aromatic rings. The van der Waals surface area contributed by atoms with E-state index in [9.17, 15) is 4.79 Å². The molecule has 0 aliphatic carbocycles. The largest absolute Gasteiger partial charge is 0.298 e. The van der Waals surface area contributed by atoms with E-state index in [-0.39, 0.29) is 5.78 Å². The maximum absolute atomic E-state index is 11.3. The van der Waals surface area contributed by atoms with Gasteiger partial charge >= 0.3 is 0 Å². The van der Waals surface area contributed by atoms with Crippen LogP contribution in [0.5, 0.6) is 0 Å². The maximum atomic E-state index is 11.3. The van der Waals surface area contributed by atoms with Crippen LogP contribution < -0.4 is 0 Å². The summed E-state index contributed by atoms with van der Waals surface area (Å²) < 4.78 is 0. The smallest absolute Gasteiger partial charge is 0.163 e. The van der Waals surface area contributed by atoms with Gasteiger partial charge < -0.3 is 0 Å². The van der Waals surface area contributed by atoms with E-state index in [4.69, 9.17) is 5.26 Å². The third kappa shape index (κ3) is 1.68. The fraction of sp³-hybridized carbons (Fsp3) is 0.500. The fourth-order valence-corrected chi connectivity index (χ4v) is 2.04. The predicted octanol–water partition coefficient (Wildman–Crippen LogP) is 2.08. The van der Waals surface area contributed by atoms with Gasteiger partial charge in [0.25, 0.3) is 0 Å². The number of rotatable bonds is 3. The Labute approximate surface area is 87.4 Å². The van der Waals surface area contributed by atoms with Gasteiger partial charge in [0.2, 0.25) is 0 Å². The highest BCUT2D eigenvalue weighted by Gasteiger charge is 2.35. The number of aromatic nitrogens is 1. The molecule has 0 amide bonds. The molecule has 0 aliphatic heterocycles. The Bertz CT molecular complexity index is 391. The summed E-state index contributed by atoms with van der Waals surface area (Å²) in [6.07, 6.45) is 0.829. The number of thiazole rings is 1. The summed E-state index contributed by atoms with van der Waals surface area (Å²) in [6.45, 7) is 5.04. The molecule has 74 valence electrons. The summed E-state index contributed by atoms with van der Waals surface area (Å²) in [6, 6.07) is 2.03. The number of Topliss-reactive ketones (excluding diaryl/α,β-unsaturated/α-hetero) is 1. The number of carbonyl (C=O) groups is 1. The molecule has 3 nitrogen and oxygen atoms in total. The van der Waals surface area contributed by atoms with Crippen molar-refractivity contribution >= 4 is 17.1 Å². The second-order valence-corrected chi connectivity index (χ2v) is 4.15. The molecule has 1 atom stereocenters. The molecule has 0 spiro atoms. The first kappa shape index (κ1) is 10.9. The fourth-order valence-electron chi connectivity index (χ4n) is 0.976. The number of ketones is 1. The van der Waals surface area contributed by atoms with E-state index < -0.39 is 5.41 Å². The van der Waals surface area contributed by atoms with Gasteiger partial charge in [-0.15, -0.1) is 11.3 Å². The van der Waals surface area contributed by atoms with Gasteiger partial charge in [-0.2, -0.15) is 5.26 Å². The molecule has 0 fully saturated rings. The molecule has 0 saturated heterocycles. The molecule has 4 heteroatoms. The summed E-state index contributed by atoms with van der Waals surface area (Å²) in [5, 5.41) is 11.5. The zero-order valence-corrected chi connectivity index (χ0v) is 9.31. The van der Waals surface area contributed by atoms with Crippen molar-refractivity contribution in [3.8, 4) is 6.07 Å². The van der Waals surface area contributed by atoms with E-state index in [1.54, 1.807) is 6.92 Å². The van der Waals surface area contributed by atoms with Crippen molar-refractivity contribution in [1.29, 1.82) is 5.26 Å². The van der Waals surface area contributed by atoms with E-state index >= 15 is 0 Å². The molecule has 0 aliphatic rings. The summed E-state index contributed by atoms with van der Waals surface area (Å²) in [5.41, 5.74) is -0.134. The van der Waals surface area contributed by atoms with Crippen LogP contribution in [0.25, 0.3) is 0 Å². The van der Waals surface area contributed by atoms with Crippen molar-refractivity contribution in [3.63, 3.8) is 0 Å². The van der Waals surface area contributed by atoms with Crippen LogP contribution in [0.4, 0.5) is 0 Å². The van der Waals surface area contributed by atoms with Crippen LogP contribution in [-0.2, 0) is 16.6 Å². The maximum Gasteiger partial charge on any atom is 0.163 e. The SMILES string of the molecule is CCc1csc(C(C)(C#N)C(C)=O)n1. The van der Waals surface area contributed by atoms with Crippen LogP contribution in [0.1, 0.15) is 31.5 Å². The highest BCUT2D eigenvalue weighted by Crippen LogP contribution is 2.27. The zero-order valence-electron chi connectivity index (χ0n) is 8.50. The molecule has 0 aromatic carbocycles. The van der Waals surface area contributed by atoms with Crippen LogP contribution in [-0.4, -0.2) is 10.8 Å². The minimum absolute atomic E-state index is 0.156. The van der Waals surface area contributed by atoms with Crippen molar-refractivity contribution < 1.29 is 4.79 Å². The van der Waals surface area contributed by atoms with Gasteiger partial charge in [0.05, 0.1) is 11.8 Å². The van der Waals surface area contributed by atoms with Crippen molar-refractivity contribution in [2.24, 2.45) is 0 Å². The average Bonchev–Trinajstić information content (AvgIpc) is 2.64. The Morgan fingerprint density at radius 2 is 2.43 bits per heavy atom. The number of hydrogen-bond donors (Lipinski definition) is 0. The molecular formula is C10H12N2OS. The lowest BCUT2D eigenvalue weighted by atomic mass is 9.89. The predicted molar refractivity (Wildman–Crippen MR) is 55.1 cm³/mol. The van der Waals surface area contributed by atoms with E-state index in [1.165, 1.54) is 18.3 Å².